The number of benzene rings is 1. The van der Waals surface area contributed by atoms with Gasteiger partial charge < -0.3 is 15.0 Å². The van der Waals surface area contributed by atoms with E-state index in [0.29, 0.717) is 21.6 Å². The number of H-pyrrole nitrogens is 1. The molecule has 2 atom stereocenters. The average molecular weight is 328 g/mol. The molecule has 112 valence electrons. The molecule has 0 fully saturated rings. The van der Waals surface area contributed by atoms with Gasteiger partial charge >= 0.3 is 0 Å². The van der Waals surface area contributed by atoms with Gasteiger partial charge in [0, 0.05) is 17.4 Å². The molecule has 21 heavy (non-hydrogen) atoms. The van der Waals surface area contributed by atoms with Crippen LogP contribution >= 0.6 is 23.2 Å². The highest BCUT2D eigenvalue weighted by Crippen LogP contribution is 2.28. The summed E-state index contributed by atoms with van der Waals surface area (Å²) >= 11 is 11.8. The first-order chi connectivity index (χ1) is 9.97. The van der Waals surface area contributed by atoms with Crippen LogP contribution in [0.2, 0.25) is 10.0 Å². The number of aromatic amines is 1. The maximum absolute atomic E-state index is 12.1. The highest BCUT2D eigenvalue weighted by molar-refractivity contribution is 6.35. The Labute approximate surface area is 132 Å². The summed E-state index contributed by atoms with van der Waals surface area (Å²) in [5.41, 5.74) is 0. The minimum Gasteiger partial charge on any atom is -0.479 e. The standard InChI is InChI=1S/C14H15Cl2N3O2/c1-8(13-17-5-6-18-13)19-14(20)9(2)21-12-4-3-10(15)7-11(12)16/h3-9H,1-2H3,(H,17,18)(H,19,20). The number of imidazole rings is 1. The maximum Gasteiger partial charge on any atom is 0.261 e. The van der Waals surface area contributed by atoms with Gasteiger partial charge in [-0.3, -0.25) is 4.79 Å². The van der Waals surface area contributed by atoms with Crippen LogP contribution in [0.4, 0.5) is 0 Å². The Morgan fingerprint density at radius 2 is 2.14 bits per heavy atom. The lowest BCUT2D eigenvalue weighted by Gasteiger charge is -2.18. The van der Waals surface area contributed by atoms with Crippen molar-refractivity contribution in [2.24, 2.45) is 0 Å². The van der Waals surface area contributed by atoms with Gasteiger partial charge in [0.05, 0.1) is 11.1 Å². The third-order valence-electron chi connectivity index (χ3n) is 2.86. The van der Waals surface area contributed by atoms with Crippen LogP contribution in [-0.4, -0.2) is 22.0 Å². The maximum atomic E-state index is 12.1. The molecule has 0 radical (unpaired) electrons. The van der Waals surface area contributed by atoms with Gasteiger partial charge in [0.25, 0.3) is 5.91 Å². The van der Waals surface area contributed by atoms with E-state index in [1.807, 2.05) is 6.92 Å². The molecule has 0 aliphatic rings. The van der Waals surface area contributed by atoms with E-state index in [2.05, 4.69) is 15.3 Å². The number of hydrogen-bond donors (Lipinski definition) is 2. The number of ether oxygens (including phenoxy) is 1. The van der Waals surface area contributed by atoms with Gasteiger partial charge in [-0.1, -0.05) is 23.2 Å². The molecule has 1 aromatic heterocycles. The zero-order chi connectivity index (χ0) is 15.4. The van der Waals surface area contributed by atoms with E-state index < -0.39 is 6.10 Å². The molecule has 0 aliphatic carbocycles. The molecular weight excluding hydrogens is 313 g/mol. The summed E-state index contributed by atoms with van der Waals surface area (Å²) in [7, 11) is 0. The lowest BCUT2D eigenvalue weighted by atomic mass is 10.2. The third kappa shape index (κ3) is 4.12. The zero-order valence-corrected chi connectivity index (χ0v) is 13.1. The van der Waals surface area contributed by atoms with Crippen molar-refractivity contribution in [2.75, 3.05) is 0 Å². The average Bonchev–Trinajstić information content (AvgIpc) is 2.95. The lowest BCUT2D eigenvalue weighted by molar-refractivity contribution is -0.128. The monoisotopic (exact) mass is 327 g/mol. The van der Waals surface area contributed by atoms with Crippen molar-refractivity contribution in [2.45, 2.75) is 26.0 Å². The van der Waals surface area contributed by atoms with Crippen molar-refractivity contribution >= 4 is 29.1 Å². The van der Waals surface area contributed by atoms with Gasteiger partial charge in [0.15, 0.2) is 6.10 Å². The molecule has 1 heterocycles. The van der Waals surface area contributed by atoms with Crippen LogP contribution in [-0.2, 0) is 4.79 Å². The number of nitrogens with one attached hydrogen (secondary N) is 2. The Hall–Kier alpha value is -1.72. The molecule has 2 N–H and O–H groups in total. The molecular formula is C14H15Cl2N3O2. The van der Waals surface area contributed by atoms with Crippen LogP contribution in [0.3, 0.4) is 0 Å². The van der Waals surface area contributed by atoms with E-state index in [0.717, 1.165) is 0 Å². The smallest absolute Gasteiger partial charge is 0.261 e. The first kappa shape index (κ1) is 15.7. The Morgan fingerprint density at radius 1 is 1.38 bits per heavy atom. The number of hydrogen-bond acceptors (Lipinski definition) is 3. The summed E-state index contributed by atoms with van der Waals surface area (Å²) in [4.78, 5) is 19.1. The lowest BCUT2D eigenvalue weighted by Crippen LogP contribution is -2.38. The number of halogens is 2. The molecule has 0 saturated heterocycles. The number of aromatic nitrogens is 2. The highest BCUT2D eigenvalue weighted by atomic mass is 35.5. The van der Waals surface area contributed by atoms with Crippen LogP contribution in [0.25, 0.3) is 0 Å². The summed E-state index contributed by atoms with van der Waals surface area (Å²) in [5.74, 6) is 0.833. The predicted molar refractivity (Wildman–Crippen MR) is 81.7 cm³/mol. The number of nitrogens with zero attached hydrogens (tertiary/aromatic N) is 1. The van der Waals surface area contributed by atoms with Crippen LogP contribution in [0, 0.1) is 0 Å². The molecule has 5 nitrogen and oxygen atoms in total. The fourth-order valence-corrected chi connectivity index (χ4v) is 2.18. The molecule has 1 aromatic carbocycles. The van der Waals surface area contributed by atoms with Gasteiger partial charge in [0.2, 0.25) is 0 Å². The minimum absolute atomic E-state index is 0.237. The summed E-state index contributed by atoms with van der Waals surface area (Å²) in [6, 6.07) is 4.61. The van der Waals surface area contributed by atoms with Crippen molar-refractivity contribution in [3.05, 3.63) is 46.5 Å². The Bertz CT molecular complexity index is 617. The van der Waals surface area contributed by atoms with Crippen molar-refractivity contribution in [3.8, 4) is 5.75 Å². The fraction of sp³-hybridized carbons (Fsp3) is 0.286. The van der Waals surface area contributed by atoms with Crippen molar-refractivity contribution in [1.82, 2.24) is 15.3 Å². The summed E-state index contributed by atoms with van der Waals surface area (Å²) in [6.45, 7) is 3.48. The zero-order valence-electron chi connectivity index (χ0n) is 11.6. The van der Waals surface area contributed by atoms with Gasteiger partial charge in [-0.2, -0.15) is 0 Å². The van der Waals surface area contributed by atoms with E-state index in [4.69, 9.17) is 27.9 Å². The summed E-state index contributed by atoms with van der Waals surface area (Å²) in [5, 5.41) is 3.68. The van der Waals surface area contributed by atoms with Crippen molar-refractivity contribution in [3.63, 3.8) is 0 Å². The Kier molecular flexibility index (Phi) is 5.09. The quantitative estimate of drug-likeness (QED) is 0.884. The SMILES string of the molecule is CC(Oc1ccc(Cl)cc1Cl)C(=O)NC(C)c1ncc[nH]1. The molecule has 1 amide bonds. The van der Waals surface area contributed by atoms with Crippen LogP contribution < -0.4 is 10.1 Å². The molecule has 2 aromatic rings. The minimum atomic E-state index is -0.693. The Morgan fingerprint density at radius 3 is 2.76 bits per heavy atom. The molecule has 0 aliphatic heterocycles. The number of carbonyl (C=O) groups excluding carboxylic acids is 1. The normalized spacial score (nSPS) is 13.5. The van der Waals surface area contributed by atoms with Crippen molar-refractivity contribution < 1.29 is 9.53 Å². The largest absolute Gasteiger partial charge is 0.479 e. The van der Waals surface area contributed by atoms with E-state index in [-0.39, 0.29) is 11.9 Å². The van der Waals surface area contributed by atoms with Gasteiger partial charge in [-0.25, -0.2) is 4.98 Å². The molecule has 7 heteroatoms. The van der Waals surface area contributed by atoms with E-state index >= 15 is 0 Å². The van der Waals surface area contributed by atoms with Gasteiger partial charge in [-0.15, -0.1) is 0 Å². The van der Waals surface area contributed by atoms with Crippen LogP contribution in [0.1, 0.15) is 25.7 Å². The second-order valence-corrected chi connectivity index (χ2v) is 5.38. The van der Waals surface area contributed by atoms with E-state index in [1.165, 1.54) is 0 Å². The first-order valence-electron chi connectivity index (χ1n) is 6.38. The van der Waals surface area contributed by atoms with Crippen LogP contribution in [0.5, 0.6) is 5.75 Å². The van der Waals surface area contributed by atoms with Gasteiger partial charge in [-0.05, 0) is 32.0 Å². The third-order valence-corrected chi connectivity index (χ3v) is 3.39. The summed E-state index contributed by atoms with van der Waals surface area (Å²) in [6.07, 6.45) is 2.64. The molecule has 0 saturated carbocycles. The first-order valence-corrected chi connectivity index (χ1v) is 7.14. The topological polar surface area (TPSA) is 67.0 Å². The summed E-state index contributed by atoms with van der Waals surface area (Å²) < 4.78 is 5.55. The second-order valence-electron chi connectivity index (χ2n) is 4.54. The van der Waals surface area contributed by atoms with Crippen molar-refractivity contribution in [1.29, 1.82) is 0 Å². The highest BCUT2D eigenvalue weighted by Gasteiger charge is 2.19. The van der Waals surface area contributed by atoms with E-state index in [1.54, 1.807) is 37.5 Å². The molecule has 2 rings (SSSR count). The van der Waals surface area contributed by atoms with Gasteiger partial charge in [0.1, 0.15) is 11.6 Å². The number of amides is 1. The fourth-order valence-electron chi connectivity index (χ4n) is 1.73. The second kappa shape index (κ2) is 6.83. The number of carbonyl (C=O) groups is 1. The molecule has 2 unspecified atom stereocenters. The Balaban J connectivity index is 1.96. The number of rotatable bonds is 5. The van der Waals surface area contributed by atoms with E-state index in [9.17, 15) is 4.79 Å². The molecule has 0 bridgehead atoms. The predicted octanol–water partition coefficient (Wildman–Crippen LogP) is 3.36. The molecule has 0 spiro atoms. The van der Waals surface area contributed by atoms with Crippen LogP contribution in [0.15, 0.2) is 30.6 Å².